The van der Waals surface area contributed by atoms with Gasteiger partial charge in [0.2, 0.25) is 11.7 Å². The number of benzene rings is 1. The van der Waals surface area contributed by atoms with Crippen LogP contribution in [0, 0.1) is 13.8 Å². The molecule has 0 saturated carbocycles. The number of halogens is 3. The van der Waals surface area contributed by atoms with Gasteiger partial charge in [0.1, 0.15) is 6.54 Å². The lowest BCUT2D eigenvalue weighted by molar-refractivity contribution is -0.141. The third-order valence-electron chi connectivity index (χ3n) is 3.96. The second-order valence-electron chi connectivity index (χ2n) is 6.25. The zero-order chi connectivity index (χ0) is 21.1. The largest absolute Gasteiger partial charge is 0.454 e. The van der Waals surface area contributed by atoms with Gasteiger partial charge in [0.05, 0.1) is 5.56 Å². The molecule has 0 spiro atoms. The van der Waals surface area contributed by atoms with Crippen LogP contribution < -0.4 is 5.32 Å². The van der Waals surface area contributed by atoms with Crippen molar-refractivity contribution in [2.24, 2.45) is 0 Å². The summed E-state index contributed by atoms with van der Waals surface area (Å²) in [5.74, 6) is -1.70. The van der Waals surface area contributed by atoms with Crippen molar-refractivity contribution in [3.05, 3.63) is 52.8 Å². The number of Topliss-reactive ketones (excluding diaryl/α,β-unsaturated/α-hetero) is 1. The van der Waals surface area contributed by atoms with Gasteiger partial charge in [-0.2, -0.15) is 13.2 Å². The monoisotopic (exact) mass is 396 g/mol. The molecule has 0 fully saturated rings. The highest BCUT2D eigenvalue weighted by Crippen LogP contribution is 2.23. The summed E-state index contributed by atoms with van der Waals surface area (Å²) in [6, 6.07) is 7.30. The summed E-state index contributed by atoms with van der Waals surface area (Å²) in [4.78, 5) is 35.5. The number of esters is 1. The van der Waals surface area contributed by atoms with E-state index in [1.807, 2.05) is 0 Å². The van der Waals surface area contributed by atoms with E-state index in [1.54, 1.807) is 6.07 Å². The normalized spacial score (nSPS) is 11.2. The molecule has 9 heteroatoms. The number of ketones is 1. The van der Waals surface area contributed by atoms with Gasteiger partial charge in [0, 0.05) is 29.6 Å². The van der Waals surface area contributed by atoms with Crippen LogP contribution in [0.4, 0.5) is 18.9 Å². The maximum Gasteiger partial charge on any atom is 0.406 e. The van der Waals surface area contributed by atoms with E-state index in [9.17, 15) is 27.6 Å². The molecule has 1 aromatic heterocycles. The van der Waals surface area contributed by atoms with Crippen LogP contribution >= 0.6 is 0 Å². The maximum absolute atomic E-state index is 12.7. The number of alkyl halides is 3. The minimum absolute atomic E-state index is 0.0709. The van der Waals surface area contributed by atoms with Crippen LogP contribution in [0.3, 0.4) is 0 Å². The third kappa shape index (κ3) is 5.45. The number of ether oxygens (including phenoxy) is 1. The molecule has 0 aliphatic rings. The van der Waals surface area contributed by atoms with E-state index in [0.717, 1.165) is 4.57 Å². The Balaban J connectivity index is 2.07. The van der Waals surface area contributed by atoms with Crippen molar-refractivity contribution in [3.8, 4) is 0 Å². The Bertz CT molecular complexity index is 916. The van der Waals surface area contributed by atoms with Gasteiger partial charge < -0.3 is 14.6 Å². The number of carbonyl (C=O) groups excluding carboxylic acids is 3. The molecule has 0 radical (unpaired) electrons. The molecule has 1 aromatic carbocycles. The highest BCUT2D eigenvalue weighted by molar-refractivity contribution is 6.00. The van der Waals surface area contributed by atoms with Crippen LogP contribution in [0.2, 0.25) is 0 Å². The van der Waals surface area contributed by atoms with Crippen molar-refractivity contribution < 1.29 is 32.3 Å². The lowest BCUT2D eigenvalue weighted by Gasteiger charge is -2.12. The predicted octanol–water partition coefficient (Wildman–Crippen LogP) is 3.67. The van der Waals surface area contributed by atoms with Gasteiger partial charge in [-0.15, -0.1) is 0 Å². The Hall–Kier alpha value is -3.10. The molecular formula is C19H19F3N2O4. The molecule has 1 N–H and O–H groups in total. The van der Waals surface area contributed by atoms with Crippen LogP contribution in [0.25, 0.3) is 0 Å². The fourth-order valence-corrected chi connectivity index (χ4v) is 2.73. The lowest BCUT2D eigenvalue weighted by atomic mass is 10.1. The number of amides is 1. The minimum atomic E-state index is -4.42. The molecule has 0 saturated heterocycles. The van der Waals surface area contributed by atoms with Crippen LogP contribution in [0.1, 0.15) is 39.0 Å². The second kappa shape index (κ2) is 8.28. The van der Waals surface area contributed by atoms with Gasteiger partial charge in [-0.05, 0) is 38.1 Å². The van der Waals surface area contributed by atoms with Gasteiger partial charge in [-0.25, -0.2) is 4.79 Å². The van der Waals surface area contributed by atoms with Crippen molar-refractivity contribution in [2.45, 2.75) is 33.5 Å². The molecule has 1 heterocycles. The molecule has 2 rings (SSSR count). The quantitative estimate of drug-likeness (QED) is 0.597. The summed E-state index contributed by atoms with van der Waals surface area (Å²) in [7, 11) is 0. The Kier molecular flexibility index (Phi) is 6.27. The summed E-state index contributed by atoms with van der Waals surface area (Å²) < 4.78 is 44.0. The first-order chi connectivity index (χ1) is 13.0. The van der Waals surface area contributed by atoms with E-state index in [4.69, 9.17) is 4.74 Å². The zero-order valence-corrected chi connectivity index (χ0v) is 15.5. The molecule has 0 unspecified atom stereocenters. The first kappa shape index (κ1) is 21.2. The predicted molar refractivity (Wildman–Crippen MR) is 95.3 cm³/mol. The number of aryl methyl sites for hydroxylation is 1. The lowest BCUT2D eigenvalue weighted by Crippen LogP contribution is -2.20. The molecule has 2 aromatic rings. The molecule has 0 bridgehead atoms. The fourth-order valence-electron chi connectivity index (χ4n) is 2.73. The highest BCUT2D eigenvalue weighted by Gasteiger charge is 2.30. The Morgan fingerprint density at radius 2 is 1.82 bits per heavy atom. The summed E-state index contributed by atoms with van der Waals surface area (Å²) in [6.45, 7) is 2.38. The zero-order valence-electron chi connectivity index (χ0n) is 15.5. The standard InChI is InChI=1S/C19H19F3N2O4/c1-11-7-16(12(2)24(11)10-19(20,21)22)17(26)9-28-18(27)14-5-4-6-15(8-14)23-13(3)25/h4-8H,9-10H2,1-3H3,(H,23,25). The number of rotatable bonds is 6. The molecule has 0 aliphatic carbocycles. The van der Waals surface area contributed by atoms with E-state index < -0.39 is 31.1 Å². The number of hydrogen-bond donors (Lipinski definition) is 1. The number of anilines is 1. The fraction of sp³-hybridized carbons (Fsp3) is 0.316. The maximum atomic E-state index is 12.7. The molecule has 1 amide bonds. The minimum Gasteiger partial charge on any atom is -0.454 e. The van der Waals surface area contributed by atoms with E-state index in [0.29, 0.717) is 5.69 Å². The number of carbonyl (C=O) groups is 3. The van der Waals surface area contributed by atoms with Crippen LogP contribution in [-0.4, -0.2) is 35.0 Å². The Morgan fingerprint density at radius 1 is 1.14 bits per heavy atom. The van der Waals surface area contributed by atoms with E-state index in [2.05, 4.69) is 5.32 Å². The first-order valence-corrected chi connectivity index (χ1v) is 8.29. The highest BCUT2D eigenvalue weighted by atomic mass is 19.4. The molecular weight excluding hydrogens is 377 g/mol. The van der Waals surface area contributed by atoms with Crippen molar-refractivity contribution in [1.82, 2.24) is 4.57 Å². The average Bonchev–Trinajstić information content (AvgIpc) is 2.86. The number of nitrogens with one attached hydrogen (secondary N) is 1. The van der Waals surface area contributed by atoms with Crippen molar-refractivity contribution in [3.63, 3.8) is 0 Å². The smallest absolute Gasteiger partial charge is 0.406 e. The van der Waals surface area contributed by atoms with Crippen molar-refractivity contribution >= 4 is 23.3 Å². The molecule has 28 heavy (non-hydrogen) atoms. The third-order valence-corrected chi connectivity index (χ3v) is 3.96. The van der Waals surface area contributed by atoms with Gasteiger partial charge in [-0.3, -0.25) is 9.59 Å². The van der Waals surface area contributed by atoms with Crippen LogP contribution in [0.15, 0.2) is 30.3 Å². The average molecular weight is 396 g/mol. The van der Waals surface area contributed by atoms with Gasteiger partial charge in [0.15, 0.2) is 6.61 Å². The van der Waals surface area contributed by atoms with Crippen LogP contribution in [0.5, 0.6) is 0 Å². The number of aromatic nitrogens is 1. The number of hydrogen-bond acceptors (Lipinski definition) is 4. The van der Waals surface area contributed by atoms with Crippen molar-refractivity contribution in [1.29, 1.82) is 0 Å². The molecule has 150 valence electrons. The van der Waals surface area contributed by atoms with E-state index in [-0.39, 0.29) is 28.4 Å². The van der Waals surface area contributed by atoms with Gasteiger partial charge >= 0.3 is 12.1 Å². The Morgan fingerprint density at radius 3 is 2.43 bits per heavy atom. The van der Waals surface area contributed by atoms with E-state index >= 15 is 0 Å². The summed E-state index contributed by atoms with van der Waals surface area (Å²) in [6.07, 6.45) is -4.42. The summed E-state index contributed by atoms with van der Waals surface area (Å²) in [5, 5.41) is 2.52. The van der Waals surface area contributed by atoms with Crippen molar-refractivity contribution in [2.75, 3.05) is 11.9 Å². The topological polar surface area (TPSA) is 77.4 Å². The second-order valence-corrected chi connectivity index (χ2v) is 6.25. The Labute approximate surface area is 159 Å². The molecule has 6 nitrogen and oxygen atoms in total. The summed E-state index contributed by atoms with van der Waals surface area (Å²) >= 11 is 0. The summed E-state index contributed by atoms with van der Waals surface area (Å²) in [5.41, 5.74) is 1.03. The van der Waals surface area contributed by atoms with Crippen LogP contribution in [-0.2, 0) is 16.1 Å². The first-order valence-electron chi connectivity index (χ1n) is 8.29. The SMILES string of the molecule is CC(=O)Nc1cccc(C(=O)OCC(=O)c2cc(C)n(CC(F)(F)F)c2C)c1. The molecule has 0 atom stereocenters. The molecule has 0 aliphatic heterocycles. The van der Waals surface area contributed by atoms with E-state index in [1.165, 1.54) is 45.0 Å². The number of nitrogens with zero attached hydrogens (tertiary/aromatic N) is 1. The van der Waals surface area contributed by atoms with Gasteiger partial charge in [-0.1, -0.05) is 6.07 Å². The van der Waals surface area contributed by atoms with Gasteiger partial charge in [0.25, 0.3) is 0 Å².